The lowest BCUT2D eigenvalue weighted by Gasteiger charge is -2.14. The molecule has 6 heteroatoms. The van der Waals surface area contributed by atoms with Gasteiger partial charge in [-0.2, -0.15) is 0 Å². The zero-order valence-electron chi connectivity index (χ0n) is 11.2. The maximum Gasteiger partial charge on any atom is 0.122 e. The Bertz CT molecular complexity index is 376. The maximum atomic E-state index is 9.73. The van der Waals surface area contributed by atoms with Gasteiger partial charge in [0.25, 0.3) is 0 Å². The normalized spacial score (nSPS) is 12.2. The summed E-state index contributed by atoms with van der Waals surface area (Å²) in [5.41, 5.74) is 0.877. The fourth-order valence-electron chi connectivity index (χ4n) is 1.44. The molecular weight excluding hydrogens is 314 g/mol. The van der Waals surface area contributed by atoms with Crippen LogP contribution in [0.5, 0.6) is 5.75 Å². The van der Waals surface area contributed by atoms with Crippen LogP contribution in [0.4, 0.5) is 5.69 Å². The van der Waals surface area contributed by atoms with Crippen molar-refractivity contribution in [2.24, 2.45) is 0 Å². The van der Waals surface area contributed by atoms with Gasteiger partial charge in [-0.3, -0.25) is 0 Å². The van der Waals surface area contributed by atoms with Gasteiger partial charge < -0.3 is 24.6 Å². The Kier molecular flexibility index (Phi) is 7.81. The Morgan fingerprint density at radius 3 is 2.74 bits per heavy atom. The van der Waals surface area contributed by atoms with E-state index in [1.807, 2.05) is 18.2 Å². The number of anilines is 1. The molecule has 2 N–H and O–H groups in total. The second-order valence-electron chi connectivity index (χ2n) is 3.98. The summed E-state index contributed by atoms with van der Waals surface area (Å²) in [7, 11) is 3.23. The standard InChI is InChI=1S/C13H20BrNO4/c1-17-3-4-19-9-12(16)8-15-11-5-10(14)6-13(7-11)18-2/h5-7,12,15-16H,3-4,8-9H2,1-2H3. The summed E-state index contributed by atoms with van der Waals surface area (Å²) in [6.07, 6.45) is -0.568. The molecule has 0 aliphatic rings. The topological polar surface area (TPSA) is 60.0 Å². The number of hydrogen-bond donors (Lipinski definition) is 2. The van der Waals surface area contributed by atoms with Crippen LogP contribution in [0.25, 0.3) is 0 Å². The molecule has 108 valence electrons. The minimum Gasteiger partial charge on any atom is -0.497 e. The van der Waals surface area contributed by atoms with Crippen LogP contribution in [-0.4, -0.2) is 51.8 Å². The van der Waals surface area contributed by atoms with Crippen LogP contribution >= 0.6 is 15.9 Å². The monoisotopic (exact) mass is 333 g/mol. The smallest absolute Gasteiger partial charge is 0.122 e. The highest BCUT2D eigenvalue weighted by Gasteiger charge is 2.05. The Labute approximate surface area is 122 Å². The second-order valence-corrected chi connectivity index (χ2v) is 4.90. The molecule has 1 rings (SSSR count). The molecule has 1 aromatic carbocycles. The molecule has 1 unspecified atom stereocenters. The van der Waals surface area contributed by atoms with Crippen molar-refractivity contribution in [1.29, 1.82) is 0 Å². The third-order valence-corrected chi connectivity index (χ3v) is 2.85. The molecule has 0 aliphatic carbocycles. The summed E-state index contributed by atoms with van der Waals surface area (Å²) in [4.78, 5) is 0. The molecule has 0 bridgehead atoms. The number of rotatable bonds is 9. The zero-order valence-corrected chi connectivity index (χ0v) is 12.8. The Morgan fingerprint density at radius 1 is 1.26 bits per heavy atom. The molecule has 0 saturated heterocycles. The van der Waals surface area contributed by atoms with Gasteiger partial charge in [-0.05, 0) is 12.1 Å². The van der Waals surface area contributed by atoms with Crippen LogP contribution in [-0.2, 0) is 9.47 Å². The Hall–Kier alpha value is -0.820. The van der Waals surface area contributed by atoms with Crippen molar-refractivity contribution in [3.63, 3.8) is 0 Å². The molecule has 1 atom stereocenters. The minimum absolute atomic E-state index is 0.279. The van der Waals surface area contributed by atoms with E-state index in [1.165, 1.54) is 0 Å². The molecule has 0 amide bonds. The number of halogens is 1. The first-order chi connectivity index (χ1) is 9.15. The second kappa shape index (κ2) is 9.14. The summed E-state index contributed by atoms with van der Waals surface area (Å²) >= 11 is 3.40. The lowest BCUT2D eigenvalue weighted by molar-refractivity contribution is 0.0182. The highest BCUT2D eigenvalue weighted by Crippen LogP contribution is 2.24. The lowest BCUT2D eigenvalue weighted by atomic mass is 10.3. The number of aliphatic hydroxyl groups is 1. The summed E-state index contributed by atoms with van der Waals surface area (Å²) in [5.74, 6) is 0.753. The molecule has 0 spiro atoms. The summed E-state index contributed by atoms with van der Waals surface area (Å²) < 4.78 is 16.2. The molecular formula is C13H20BrNO4. The third-order valence-electron chi connectivity index (χ3n) is 2.39. The first-order valence-corrected chi connectivity index (χ1v) is 6.78. The molecule has 0 aliphatic heterocycles. The molecule has 0 radical (unpaired) electrons. The van der Waals surface area contributed by atoms with E-state index >= 15 is 0 Å². The van der Waals surface area contributed by atoms with Crippen LogP contribution in [0, 0.1) is 0 Å². The van der Waals surface area contributed by atoms with Gasteiger partial charge in [0.05, 0.1) is 33.0 Å². The number of nitrogens with one attached hydrogen (secondary N) is 1. The highest BCUT2D eigenvalue weighted by atomic mass is 79.9. The fraction of sp³-hybridized carbons (Fsp3) is 0.538. The van der Waals surface area contributed by atoms with Crippen molar-refractivity contribution in [2.45, 2.75) is 6.10 Å². The van der Waals surface area contributed by atoms with Gasteiger partial charge in [-0.1, -0.05) is 15.9 Å². The van der Waals surface area contributed by atoms with E-state index in [4.69, 9.17) is 14.2 Å². The van der Waals surface area contributed by atoms with Crippen molar-refractivity contribution in [2.75, 3.05) is 45.9 Å². The van der Waals surface area contributed by atoms with E-state index in [0.717, 1.165) is 15.9 Å². The van der Waals surface area contributed by atoms with Gasteiger partial charge in [-0.25, -0.2) is 0 Å². The van der Waals surface area contributed by atoms with E-state index in [2.05, 4.69) is 21.2 Å². The summed E-state index contributed by atoms with van der Waals surface area (Å²) in [6.45, 7) is 1.70. The van der Waals surface area contributed by atoms with E-state index in [0.29, 0.717) is 19.8 Å². The zero-order chi connectivity index (χ0) is 14.1. The first-order valence-electron chi connectivity index (χ1n) is 5.99. The fourth-order valence-corrected chi connectivity index (χ4v) is 1.91. The largest absolute Gasteiger partial charge is 0.497 e. The van der Waals surface area contributed by atoms with Gasteiger partial charge >= 0.3 is 0 Å². The van der Waals surface area contributed by atoms with Crippen molar-refractivity contribution in [1.82, 2.24) is 0 Å². The Balaban J connectivity index is 2.33. The number of benzene rings is 1. The predicted molar refractivity (Wildman–Crippen MR) is 77.9 cm³/mol. The van der Waals surface area contributed by atoms with Crippen LogP contribution in [0.1, 0.15) is 0 Å². The minimum atomic E-state index is -0.568. The van der Waals surface area contributed by atoms with Crippen LogP contribution in [0.3, 0.4) is 0 Å². The predicted octanol–water partition coefficient (Wildman–Crippen LogP) is 1.89. The summed E-state index contributed by atoms with van der Waals surface area (Å²) in [6, 6.07) is 5.65. The molecule has 19 heavy (non-hydrogen) atoms. The van der Waals surface area contributed by atoms with Crippen LogP contribution < -0.4 is 10.1 Å². The first kappa shape index (κ1) is 16.2. The van der Waals surface area contributed by atoms with Gasteiger partial charge in [0.1, 0.15) is 5.75 Å². The van der Waals surface area contributed by atoms with Crippen LogP contribution in [0.2, 0.25) is 0 Å². The van der Waals surface area contributed by atoms with Crippen molar-refractivity contribution in [3.8, 4) is 5.75 Å². The van der Waals surface area contributed by atoms with E-state index < -0.39 is 6.10 Å². The number of hydrogen-bond acceptors (Lipinski definition) is 5. The third kappa shape index (κ3) is 6.77. The van der Waals surface area contributed by atoms with E-state index in [1.54, 1.807) is 14.2 Å². The van der Waals surface area contributed by atoms with Gasteiger partial charge in [-0.15, -0.1) is 0 Å². The van der Waals surface area contributed by atoms with Crippen LogP contribution in [0.15, 0.2) is 22.7 Å². The van der Waals surface area contributed by atoms with Gasteiger partial charge in [0.2, 0.25) is 0 Å². The molecule has 1 aromatic rings. The van der Waals surface area contributed by atoms with Crippen molar-refractivity contribution in [3.05, 3.63) is 22.7 Å². The van der Waals surface area contributed by atoms with Crippen molar-refractivity contribution >= 4 is 21.6 Å². The number of aliphatic hydroxyl groups excluding tert-OH is 1. The summed E-state index contributed by atoms with van der Waals surface area (Å²) in [5, 5.41) is 12.9. The SMILES string of the molecule is COCCOCC(O)CNc1cc(Br)cc(OC)c1. The van der Waals surface area contributed by atoms with Gasteiger partial charge in [0.15, 0.2) is 0 Å². The molecule has 0 saturated carbocycles. The molecule has 0 aromatic heterocycles. The molecule has 5 nitrogen and oxygen atoms in total. The average Bonchev–Trinajstić information content (AvgIpc) is 2.40. The van der Waals surface area contributed by atoms with Gasteiger partial charge in [0, 0.05) is 29.9 Å². The maximum absolute atomic E-state index is 9.73. The highest BCUT2D eigenvalue weighted by molar-refractivity contribution is 9.10. The molecule has 0 fully saturated rings. The quantitative estimate of drug-likeness (QED) is 0.676. The average molecular weight is 334 g/mol. The number of ether oxygens (including phenoxy) is 3. The Morgan fingerprint density at radius 2 is 2.05 bits per heavy atom. The number of methoxy groups -OCH3 is 2. The lowest BCUT2D eigenvalue weighted by Crippen LogP contribution is -2.25. The van der Waals surface area contributed by atoms with E-state index in [9.17, 15) is 5.11 Å². The molecule has 0 heterocycles. The van der Waals surface area contributed by atoms with E-state index in [-0.39, 0.29) is 6.61 Å². The van der Waals surface area contributed by atoms with Crippen molar-refractivity contribution < 1.29 is 19.3 Å².